The van der Waals surface area contributed by atoms with Gasteiger partial charge in [-0.15, -0.1) is 0 Å². The molecule has 40 heavy (non-hydrogen) atoms. The number of hydrogen-bond acceptors (Lipinski definition) is 7. The molecule has 0 N–H and O–H groups in total. The summed E-state index contributed by atoms with van der Waals surface area (Å²) in [5.74, 6) is 2.10. The van der Waals surface area contributed by atoms with Crippen LogP contribution in [0.3, 0.4) is 0 Å². The molecule has 0 radical (unpaired) electrons. The van der Waals surface area contributed by atoms with Crippen molar-refractivity contribution >= 4 is 46.6 Å². The predicted octanol–water partition coefficient (Wildman–Crippen LogP) is 6.85. The highest BCUT2D eigenvalue weighted by atomic mass is 31.2. The van der Waals surface area contributed by atoms with Gasteiger partial charge in [-0.25, -0.2) is 9.59 Å². The standard InChI is InChI=1S/C32H21N2O5P/c35-22-33-24-6-4-8-28(20-24)38-26-12-16-31(17-13-26)40(37,30-10-2-1-3-11-30)32-18-14-27(15-19-32)39-29-9-5-7-25(21-29)34-23-36/h1-21H. The maximum absolute atomic E-state index is 14.8. The smallest absolute Gasteiger partial charge is 0.240 e. The van der Waals surface area contributed by atoms with Gasteiger partial charge in [0.05, 0.1) is 11.4 Å². The predicted molar refractivity (Wildman–Crippen MR) is 154 cm³/mol. The van der Waals surface area contributed by atoms with E-state index in [0.29, 0.717) is 50.3 Å². The highest BCUT2D eigenvalue weighted by Crippen LogP contribution is 2.43. The van der Waals surface area contributed by atoms with Crippen LogP contribution in [0.1, 0.15) is 0 Å². The second-order valence-electron chi connectivity index (χ2n) is 8.54. The number of benzene rings is 5. The van der Waals surface area contributed by atoms with E-state index in [1.807, 2.05) is 30.3 Å². The van der Waals surface area contributed by atoms with Gasteiger partial charge in [0.25, 0.3) is 0 Å². The largest absolute Gasteiger partial charge is 0.457 e. The van der Waals surface area contributed by atoms with Crippen molar-refractivity contribution in [3.8, 4) is 23.0 Å². The number of ether oxygens (including phenoxy) is 2. The Morgan fingerprint density at radius 1 is 0.475 bits per heavy atom. The Morgan fingerprint density at radius 2 is 0.900 bits per heavy atom. The van der Waals surface area contributed by atoms with E-state index < -0.39 is 7.14 Å². The van der Waals surface area contributed by atoms with E-state index in [0.717, 1.165) is 0 Å². The van der Waals surface area contributed by atoms with Crippen LogP contribution in [0.2, 0.25) is 0 Å². The van der Waals surface area contributed by atoms with Crippen LogP contribution in [0, 0.1) is 0 Å². The zero-order valence-corrected chi connectivity index (χ0v) is 21.9. The first-order valence-electron chi connectivity index (χ1n) is 12.2. The molecule has 0 unspecified atom stereocenters. The number of aliphatic imine (C=N–C) groups is 2. The van der Waals surface area contributed by atoms with Gasteiger partial charge in [-0.1, -0.05) is 42.5 Å². The molecular formula is C32H21N2O5P. The van der Waals surface area contributed by atoms with Crippen molar-refractivity contribution in [3.63, 3.8) is 0 Å². The Hall–Kier alpha value is -5.31. The lowest BCUT2D eigenvalue weighted by Gasteiger charge is -2.20. The molecular weight excluding hydrogens is 523 g/mol. The minimum Gasteiger partial charge on any atom is -0.457 e. The molecule has 0 amide bonds. The molecule has 0 fully saturated rings. The zero-order chi connectivity index (χ0) is 27.8. The SMILES string of the molecule is O=C=Nc1cccc(Oc2ccc(P(=O)(c3ccccc3)c3ccc(Oc4cccc(N=C=O)c4)cc3)cc2)c1. The van der Waals surface area contributed by atoms with Gasteiger partial charge in [0.1, 0.15) is 23.0 Å². The topological polar surface area (TPSA) is 94.4 Å². The minimum absolute atomic E-state index is 0.437. The van der Waals surface area contributed by atoms with E-state index in [9.17, 15) is 14.2 Å². The molecule has 5 aromatic rings. The Morgan fingerprint density at radius 3 is 1.32 bits per heavy atom. The van der Waals surface area contributed by atoms with Crippen molar-refractivity contribution in [2.45, 2.75) is 0 Å². The lowest BCUT2D eigenvalue weighted by atomic mass is 10.3. The molecule has 0 atom stereocenters. The van der Waals surface area contributed by atoms with Crippen molar-refractivity contribution in [2.75, 3.05) is 0 Å². The molecule has 194 valence electrons. The first kappa shape index (κ1) is 26.3. The van der Waals surface area contributed by atoms with E-state index in [1.54, 1.807) is 97.1 Å². The monoisotopic (exact) mass is 544 g/mol. The molecule has 5 aromatic carbocycles. The third-order valence-corrected chi connectivity index (χ3v) is 9.05. The van der Waals surface area contributed by atoms with Crippen LogP contribution in [0.25, 0.3) is 0 Å². The Balaban J connectivity index is 1.44. The van der Waals surface area contributed by atoms with Gasteiger partial charge in [0.2, 0.25) is 12.2 Å². The quantitative estimate of drug-likeness (QED) is 0.115. The van der Waals surface area contributed by atoms with Crippen LogP contribution in [-0.4, -0.2) is 12.2 Å². The fourth-order valence-electron chi connectivity index (χ4n) is 4.14. The van der Waals surface area contributed by atoms with Crippen molar-refractivity contribution < 1.29 is 23.6 Å². The van der Waals surface area contributed by atoms with Crippen molar-refractivity contribution in [2.24, 2.45) is 9.98 Å². The number of rotatable bonds is 9. The summed E-state index contributed by atoms with van der Waals surface area (Å²) in [6, 6.07) is 37.1. The highest BCUT2D eigenvalue weighted by Gasteiger charge is 2.29. The Bertz CT molecular complexity index is 1660. The molecule has 0 aromatic heterocycles. The van der Waals surface area contributed by atoms with Crippen molar-refractivity contribution in [1.82, 2.24) is 0 Å². The molecule has 0 saturated heterocycles. The number of nitrogens with zero attached hydrogens (tertiary/aromatic N) is 2. The van der Waals surface area contributed by atoms with Crippen LogP contribution in [0.15, 0.2) is 137 Å². The Kier molecular flexibility index (Phi) is 7.92. The second kappa shape index (κ2) is 12.0. The number of hydrogen-bond donors (Lipinski definition) is 0. The van der Waals surface area contributed by atoms with E-state index in [2.05, 4.69) is 9.98 Å². The zero-order valence-electron chi connectivity index (χ0n) is 21.0. The normalized spacial score (nSPS) is 11.8. The molecule has 0 aliphatic carbocycles. The van der Waals surface area contributed by atoms with E-state index in [-0.39, 0.29) is 0 Å². The third-order valence-electron chi connectivity index (χ3n) is 5.98. The molecule has 0 bridgehead atoms. The summed E-state index contributed by atoms with van der Waals surface area (Å²) in [6.07, 6.45) is 3.03. The highest BCUT2D eigenvalue weighted by molar-refractivity contribution is 7.85. The number of carbonyl (C=O) groups excluding carboxylic acids is 2. The van der Waals surface area contributed by atoms with Gasteiger partial charge in [0, 0.05) is 28.0 Å². The van der Waals surface area contributed by atoms with Crippen LogP contribution in [-0.2, 0) is 14.2 Å². The molecule has 8 heteroatoms. The van der Waals surface area contributed by atoms with E-state index >= 15 is 0 Å². The van der Waals surface area contributed by atoms with Gasteiger partial charge in [-0.3, -0.25) is 0 Å². The lowest BCUT2D eigenvalue weighted by Crippen LogP contribution is -2.24. The summed E-state index contributed by atoms with van der Waals surface area (Å²) in [6.45, 7) is 0. The Labute approximate surface area is 230 Å². The fourth-order valence-corrected chi connectivity index (χ4v) is 6.77. The van der Waals surface area contributed by atoms with Crippen LogP contribution >= 0.6 is 7.14 Å². The first-order chi connectivity index (χ1) is 19.6. The van der Waals surface area contributed by atoms with Gasteiger partial charge in [0.15, 0.2) is 7.14 Å². The maximum Gasteiger partial charge on any atom is 0.240 e. The summed E-state index contributed by atoms with van der Waals surface area (Å²) in [7, 11) is -3.24. The van der Waals surface area contributed by atoms with Crippen molar-refractivity contribution in [3.05, 3.63) is 127 Å². The molecule has 0 aliphatic rings. The lowest BCUT2D eigenvalue weighted by molar-refractivity contribution is 0.483. The van der Waals surface area contributed by atoms with Crippen LogP contribution < -0.4 is 25.4 Å². The number of isocyanates is 2. The van der Waals surface area contributed by atoms with Gasteiger partial charge in [-0.2, -0.15) is 9.98 Å². The minimum atomic E-state index is -3.24. The molecule has 0 heterocycles. The van der Waals surface area contributed by atoms with E-state index in [4.69, 9.17) is 9.47 Å². The first-order valence-corrected chi connectivity index (χ1v) is 13.9. The third kappa shape index (κ3) is 5.88. The van der Waals surface area contributed by atoms with Gasteiger partial charge in [-0.05, 0) is 72.8 Å². The molecule has 7 nitrogen and oxygen atoms in total. The summed E-state index contributed by atoms with van der Waals surface area (Å²) < 4.78 is 26.6. The van der Waals surface area contributed by atoms with Gasteiger partial charge < -0.3 is 14.0 Å². The summed E-state index contributed by atoms with van der Waals surface area (Å²) in [5, 5.41) is 1.97. The van der Waals surface area contributed by atoms with Crippen LogP contribution in [0.5, 0.6) is 23.0 Å². The summed E-state index contributed by atoms with van der Waals surface area (Å²) in [4.78, 5) is 28.4. The summed E-state index contributed by atoms with van der Waals surface area (Å²) >= 11 is 0. The van der Waals surface area contributed by atoms with Crippen LogP contribution in [0.4, 0.5) is 11.4 Å². The maximum atomic E-state index is 14.8. The molecule has 0 saturated carbocycles. The fraction of sp³-hybridized carbons (Fsp3) is 0. The second-order valence-corrected chi connectivity index (χ2v) is 11.3. The summed E-state index contributed by atoms with van der Waals surface area (Å²) in [5.41, 5.74) is 0.875. The molecule has 0 aliphatic heterocycles. The molecule has 0 spiro atoms. The van der Waals surface area contributed by atoms with Gasteiger partial charge >= 0.3 is 0 Å². The average Bonchev–Trinajstić information content (AvgIpc) is 2.99. The van der Waals surface area contributed by atoms with Crippen molar-refractivity contribution in [1.29, 1.82) is 0 Å². The van der Waals surface area contributed by atoms with E-state index in [1.165, 1.54) is 12.2 Å². The average molecular weight is 545 g/mol. The molecule has 5 rings (SSSR count).